The molecule has 5 heteroatoms. The first-order valence-electron chi connectivity index (χ1n) is 5.84. The third-order valence-electron chi connectivity index (χ3n) is 2.62. The molecule has 0 radical (unpaired) electrons. The van der Waals surface area contributed by atoms with Gasteiger partial charge in [-0.25, -0.2) is 4.39 Å². The number of carbonyl (C=O) groups is 1. The fourth-order valence-corrected chi connectivity index (χ4v) is 1.83. The standard InChI is InChI=1S/C13H16Cl2FNO/c1-9(8-14)4-3-7-17-13(18)10-5-2-6-11(15)12(10)16/h2,5-6,9H,3-4,7-8H2,1H3,(H,17,18). The first-order chi connectivity index (χ1) is 8.56. The summed E-state index contributed by atoms with van der Waals surface area (Å²) in [7, 11) is 0. The predicted molar refractivity (Wildman–Crippen MR) is 72.9 cm³/mol. The molecule has 0 saturated carbocycles. The maximum Gasteiger partial charge on any atom is 0.254 e. The number of amides is 1. The van der Waals surface area contributed by atoms with Gasteiger partial charge in [-0.15, -0.1) is 11.6 Å². The molecular formula is C13H16Cl2FNO. The Hall–Kier alpha value is -0.800. The molecule has 0 saturated heterocycles. The van der Waals surface area contributed by atoms with Crippen LogP contribution in [0.5, 0.6) is 0 Å². The monoisotopic (exact) mass is 291 g/mol. The Bertz CT molecular complexity index is 412. The van der Waals surface area contributed by atoms with Gasteiger partial charge in [0.15, 0.2) is 5.82 Å². The highest BCUT2D eigenvalue weighted by atomic mass is 35.5. The van der Waals surface area contributed by atoms with Gasteiger partial charge in [-0.1, -0.05) is 24.6 Å². The third kappa shape index (κ3) is 4.46. The van der Waals surface area contributed by atoms with Crippen LogP contribution in [0.4, 0.5) is 4.39 Å². The Balaban J connectivity index is 2.44. The molecular weight excluding hydrogens is 276 g/mol. The summed E-state index contributed by atoms with van der Waals surface area (Å²) < 4.78 is 13.5. The fraction of sp³-hybridized carbons (Fsp3) is 0.462. The average Bonchev–Trinajstić information content (AvgIpc) is 2.37. The third-order valence-corrected chi connectivity index (χ3v) is 3.44. The van der Waals surface area contributed by atoms with E-state index in [0.717, 1.165) is 12.8 Å². The van der Waals surface area contributed by atoms with E-state index in [2.05, 4.69) is 5.32 Å². The highest BCUT2D eigenvalue weighted by Crippen LogP contribution is 2.17. The molecule has 0 spiro atoms. The van der Waals surface area contributed by atoms with Crippen LogP contribution in [0.25, 0.3) is 0 Å². The average molecular weight is 292 g/mol. The van der Waals surface area contributed by atoms with Crippen LogP contribution in [-0.4, -0.2) is 18.3 Å². The number of nitrogens with one attached hydrogen (secondary N) is 1. The molecule has 1 rings (SSSR count). The smallest absolute Gasteiger partial charge is 0.254 e. The summed E-state index contributed by atoms with van der Waals surface area (Å²) in [5.74, 6) is -0.0811. The molecule has 18 heavy (non-hydrogen) atoms. The van der Waals surface area contributed by atoms with Crippen molar-refractivity contribution in [1.82, 2.24) is 5.32 Å². The topological polar surface area (TPSA) is 29.1 Å². The molecule has 0 aliphatic rings. The summed E-state index contributed by atoms with van der Waals surface area (Å²) in [5.41, 5.74) is -0.0205. The van der Waals surface area contributed by atoms with Crippen molar-refractivity contribution in [3.05, 3.63) is 34.6 Å². The first kappa shape index (κ1) is 15.3. The minimum absolute atomic E-state index is 0.0205. The van der Waals surface area contributed by atoms with E-state index in [1.54, 1.807) is 6.07 Å². The summed E-state index contributed by atoms with van der Waals surface area (Å²) >= 11 is 11.3. The lowest BCUT2D eigenvalue weighted by Crippen LogP contribution is -2.25. The molecule has 0 heterocycles. The summed E-state index contributed by atoms with van der Waals surface area (Å²) in [5, 5.41) is 2.62. The van der Waals surface area contributed by atoms with Gasteiger partial charge in [-0.2, -0.15) is 0 Å². The minimum Gasteiger partial charge on any atom is -0.352 e. The molecule has 0 bridgehead atoms. The minimum atomic E-state index is -0.675. The number of hydrogen-bond donors (Lipinski definition) is 1. The van der Waals surface area contributed by atoms with Crippen LogP contribution in [0, 0.1) is 11.7 Å². The molecule has 1 aromatic rings. The van der Waals surface area contributed by atoms with E-state index in [1.165, 1.54) is 12.1 Å². The van der Waals surface area contributed by atoms with Gasteiger partial charge >= 0.3 is 0 Å². The quantitative estimate of drug-likeness (QED) is 0.626. The Kier molecular flexibility index (Phi) is 6.44. The number of rotatable bonds is 6. The Morgan fingerprint density at radius 2 is 2.22 bits per heavy atom. The van der Waals surface area contributed by atoms with Crippen molar-refractivity contribution in [2.24, 2.45) is 5.92 Å². The van der Waals surface area contributed by atoms with Crippen LogP contribution in [0.3, 0.4) is 0 Å². The molecule has 1 N–H and O–H groups in total. The van der Waals surface area contributed by atoms with E-state index in [4.69, 9.17) is 23.2 Å². The van der Waals surface area contributed by atoms with E-state index in [9.17, 15) is 9.18 Å². The maximum absolute atomic E-state index is 13.5. The Morgan fingerprint density at radius 3 is 2.89 bits per heavy atom. The second-order valence-electron chi connectivity index (χ2n) is 4.26. The van der Waals surface area contributed by atoms with E-state index in [-0.39, 0.29) is 10.6 Å². The van der Waals surface area contributed by atoms with Gasteiger partial charge in [-0.05, 0) is 30.9 Å². The second kappa shape index (κ2) is 7.59. The zero-order valence-corrected chi connectivity index (χ0v) is 11.7. The van der Waals surface area contributed by atoms with Crippen molar-refractivity contribution in [2.75, 3.05) is 12.4 Å². The lowest BCUT2D eigenvalue weighted by Gasteiger charge is -2.09. The number of benzene rings is 1. The van der Waals surface area contributed by atoms with Gasteiger partial charge in [0.05, 0.1) is 10.6 Å². The summed E-state index contributed by atoms with van der Waals surface area (Å²) in [4.78, 5) is 11.7. The van der Waals surface area contributed by atoms with Crippen molar-refractivity contribution < 1.29 is 9.18 Å². The summed E-state index contributed by atoms with van der Waals surface area (Å²) in [6, 6.07) is 4.38. The number of halogens is 3. The molecule has 1 unspecified atom stereocenters. The first-order valence-corrected chi connectivity index (χ1v) is 6.75. The summed E-state index contributed by atoms with van der Waals surface area (Å²) in [6.45, 7) is 2.55. The van der Waals surface area contributed by atoms with E-state index in [0.29, 0.717) is 18.3 Å². The number of carbonyl (C=O) groups excluding carboxylic acids is 1. The highest BCUT2D eigenvalue weighted by Gasteiger charge is 2.13. The van der Waals surface area contributed by atoms with Crippen molar-refractivity contribution >= 4 is 29.1 Å². The molecule has 1 amide bonds. The van der Waals surface area contributed by atoms with E-state index >= 15 is 0 Å². The van der Waals surface area contributed by atoms with Gasteiger partial charge in [0, 0.05) is 12.4 Å². The molecule has 0 aliphatic carbocycles. The van der Waals surface area contributed by atoms with Crippen molar-refractivity contribution in [3.63, 3.8) is 0 Å². The van der Waals surface area contributed by atoms with Crippen LogP contribution in [-0.2, 0) is 0 Å². The van der Waals surface area contributed by atoms with Gasteiger partial charge in [0.25, 0.3) is 5.91 Å². The van der Waals surface area contributed by atoms with Crippen LogP contribution in [0.1, 0.15) is 30.1 Å². The highest BCUT2D eigenvalue weighted by molar-refractivity contribution is 6.31. The lowest BCUT2D eigenvalue weighted by molar-refractivity contribution is 0.0948. The van der Waals surface area contributed by atoms with Crippen LogP contribution < -0.4 is 5.32 Å². The van der Waals surface area contributed by atoms with Crippen molar-refractivity contribution in [1.29, 1.82) is 0 Å². The summed E-state index contributed by atoms with van der Waals surface area (Å²) in [6.07, 6.45) is 1.75. The van der Waals surface area contributed by atoms with Gasteiger partial charge in [-0.3, -0.25) is 4.79 Å². The predicted octanol–water partition coefficient (Wildman–Crippen LogP) is 3.86. The van der Waals surface area contributed by atoms with Gasteiger partial charge in [0.2, 0.25) is 0 Å². The number of hydrogen-bond acceptors (Lipinski definition) is 1. The molecule has 2 nitrogen and oxygen atoms in total. The zero-order chi connectivity index (χ0) is 13.5. The van der Waals surface area contributed by atoms with Crippen LogP contribution >= 0.6 is 23.2 Å². The molecule has 0 aromatic heterocycles. The molecule has 0 aliphatic heterocycles. The molecule has 0 fully saturated rings. The normalized spacial score (nSPS) is 12.2. The maximum atomic E-state index is 13.5. The van der Waals surface area contributed by atoms with E-state index < -0.39 is 11.7 Å². The Morgan fingerprint density at radius 1 is 1.50 bits per heavy atom. The molecule has 1 atom stereocenters. The molecule has 1 aromatic carbocycles. The Labute approximate surface area is 116 Å². The molecule has 100 valence electrons. The number of alkyl halides is 1. The van der Waals surface area contributed by atoms with E-state index in [1.807, 2.05) is 6.92 Å². The zero-order valence-electron chi connectivity index (χ0n) is 10.2. The van der Waals surface area contributed by atoms with Crippen molar-refractivity contribution in [2.45, 2.75) is 19.8 Å². The SMILES string of the molecule is CC(CCl)CCCNC(=O)c1cccc(Cl)c1F. The fourth-order valence-electron chi connectivity index (χ4n) is 1.50. The second-order valence-corrected chi connectivity index (χ2v) is 4.97. The van der Waals surface area contributed by atoms with Crippen LogP contribution in [0.2, 0.25) is 5.02 Å². The van der Waals surface area contributed by atoms with Crippen molar-refractivity contribution in [3.8, 4) is 0 Å². The lowest BCUT2D eigenvalue weighted by atomic mass is 10.1. The van der Waals surface area contributed by atoms with Gasteiger partial charge in [0.1, 0.15) is 0 Å². The largest absolute Gasteiger partial charge is 0.352 e. The van der Waals surface area contributed by atoms with Gasteiger partial charge < -0.3 is 5.32 Å². The van der Waals surface area contributed by atoms with Crippen LogP contribution in [0.15, 0.2) is 18.2 Å².